The van der Waals surface area contributed by atoms with E-state index in [1.807, 2.05) is 0 Å². The Morgan fingerprint density at radius 1 is 1.00 bits per heavy atom. The molecule has 2 aliphatic rings. The Labute approximate surface area is 188 Å². The van der Waals surface area contributed by atoms with Crippen LogP contribution in [0, 0.1) is 6.08 Å². The third-order valence-electron chi connectivity index (χ3n) is 4.56. The van der Waals surface area contributed by atoms with Gasteiger partial charge in [-0.15, -0.1) is 22.9 Å². The molecule has 0 aliphatic heterocycles. The van der Waals surface area contributed by atoms with Gasteiger partial charge >= 0.3 is 26.2 Å². The summed E-state index contributed by atoms with van der Waals surface area (Å²) in [6.45, 7) is 6.92. The summed E-state index contributed by atoms with van der Waals surface area (Å²) in [5.41, 5.74) is 4.49. The van der Waals surface area contributed by atoms with E-state index in [9.17, 15) is 0 Å². The zero-order chi connectivity index (χ0) is 15.8. The molecule has 0 unspecified atom stereocenters. The molecule has 0 saturated heterocycles. The van der Waals surface area contributed by atoms with Gasteiger partial charge in [-0.3, -0.25) is 0 Å². The quantitative estimate of drug-likeness (QED) is 0.332. The van der Waals surface area contributed by atoms with Crippen molar-refractivity contribution in [3.63, 3.8) is 0 Å². The topological polar surface area (TPSA) is 0 Å². The first-order chi connectivity index (χ1) is 10.8. The third kappa shape index (κ3) is 8.37. The second-order valence-electron chi connectivity index (χ2n) is 6.47. The van der Waals surface area contributed by atoms with Crippen molar-refractivity contribution >= 4 is 13.6 Å². The maximum Gasteiger partial charge on any atom is 3.00 e. The molecule has 25 heavy (non-hydrogen) atoms. The van der Waals surface area contributed by atoms with E-state index >= 15 is 0 Å². The van der Waals surface area contributed by atoms with Gasteiger partial charge in [0, 0.05) is 0 Å². The molecule has 0 atom stereocenters. The molecule has 0 aromatic rings. The molecule has 0 spiro atoms. The summed E-state index contributed by atoms with van der Waals surface area (Å²) in [4.78, 5) is 0. The van der Waals surface area contributed by atoms with E-state index in [1.54, 1.807) is 10.7 Å². The Morgan fingerprint density at radius 3 is 2.12 bits per heavy atom. The molecule has 2 rings (SSSR count). The zero-order valence-corrected chi connectivity index (χ0v) is 20.9. The fourth-order valence-corrected chi connectivity index (χ4v) is 6.28. The smallest absolute Gasteiger partial charge is 1.00 e. The minimum atomic E-state index is -0.398. The van der Waals surface area contributed by atoms with Crippen molar-refractivity contribution in [2.45, 2.75) is 77.8 Å². The van der Waals surface area contributed by atoms with Crippen molar-refractivity contribution in [1.82, 2.24) is 0 Å². The normalized spacial score (nSPS) is 14.8. The number of rotatable bonds is 9. The zero-order valence-electron chi connectivity index (χ0n) is 15.9. The van der Waals surface area contributed by atoms with Crippen LogP contribution in [0.3, 0.4) is 0 Å². The van der Waals surface area contributed by atoms with Gasteiger partial charge in [0.1, 0.15) is 0 Å². The van der Waals surface area contributed by atoms with Gasteiger partial charge in [-0.05, 0) is 26.9 Å². The molecule has 137 valence electrons. The molecule has 0 bridgehead atoms. The van der Waals surface area contributed by atoms with Gasteiger partial charge in [-0.2, -0.15) is 17.2 Å². The van der Waals surface area contributed by atoms with Crippen molar-refractivity contribution in [3.8, 4) is 0 Å². The summed E-state index contributed by atoms with van der Waals surface area (Å²) in [5, 5.41) is 1.60. The first-order valence-electron chi connectivity index (χ1n) is 9.23. The van der Waals surface area contributed by atoms with Crippen molar-refractivity contribution in [2.75, 3.05) is 0 Å². The SMILES string of the molecule is CCCC[Si](CCCC)=C1[C-]=C(C2=CC=CC2)C(CCC)=C1.[Cl-].[Cl-].[Zr+3]. The standard InChI is InChI=1S/C21H31Si.2ClH.Zr/c1-4-7-14-22(15-8-5-2)20-16-19(11-6-3)21(17-20)18-12-9-10-13-18;;;/h9-10,12,16H,4-8,11,13-15H2,1-3H3;2*1H;/q-1;;;+3/p-2. The number of unbranched alkanes of at least 4 members (excludes halogenated alkanes) is 2. The number of hydrogen-bond acceptors (Lipinski definition) is 0. The summed E-state index contributed by atoms with van der Waals surface area (Å²) in [6, 6.07) is 2.87. The van der Waals surface area contributed by atoms with Gasteiger partial charge in [-0.25, -0.2) is 0 Å². The Morgan fingerprint density at radius 2 is 1.64 bits per heavy atom. The van der Waals surface area contributed by atoms with Gasteiger partial charge in [0.25, 0.3) is 0 Å². The molecule has 0 aromatic carbocycles. The molecule has 0 saturated carbocycles. The predicted molar refractivity (Wildman–Crippen MR) is 102 cm³/mol. The summed E-state index contributed by atoms with van der Waals surface area (Å²) in [7, 11) is -0.398. The molecule has 0 fully saturated rings. The van der Waals surface area contributed by atoms with E-state index < -0.39 is 8.41 Å². The predicted octanol–water partition coefficient (Wildman–Crippen LogP) is 0.197. The van der Waals surface area contributed by atoms with Crippen LogP contribution in [-0.4, -0.2) is 13.6 Å². The van der Waals surface area contributed by atoms with Crippen LogP contribution in [0.25, 0.3) is 0 Å². The third-order valence-corrected chi connectivity index (χ3v) is 7.50. The average molecular weight is 474 g/mol. The van der Waals surface area contributed by atoms with E-state index in [2.05, 4.69) is 51.2 Å². The molecular weight excluding hydrogens is 442 g/mol. The molecule has 0 amide bonds. The monoisotopic (exact) mass is 471 g/mol. The van der Waals surface area contributed by atoms with Crippen LogP contribution in [0.5, 0.6) is 0 Å². The fraction of sp³-hybridized carbons (Fsp3) is 0.571. The second-order valence-corrected chi connectivity index (χ2v) is 9.21. The van der Waals surface area contributed by atoms with E-state index in [-0.39, 0.29) is 51.0 Å². The summed E-state index contributed by atoms with van der Waals surface area (Å²) < 4.78 is 0. The van der Waals surface area contributed by atoms with Crippen LogP contribution in [-0.2, 0) is 26.2 Å². The van der Waals surface area contributed by atoms with E-state index in [0.717, 1.165) is 6.42 Å². The van der Waals surface area contributed by atoms with E-state index in [0.29, 0.717) is 0 Å². The van der Waals surface area contributed by atoms with Crippen LogP contribution in [0.15, 0.2) is 41.0 Å². The van der Waals surface area contributed by atoms with Crippen molar-refractivity contribution in [1.29, 1.82) is 0 Å². The van der Waals surface area contributed by atoms with Crippen LogP contribution < -0.4 is 24.8 Å². The van der Waals surface area contributed by atoms with E-state index in [4.69, 9.17) is 0 Å². The van der Waals surface area contributed by atoms with Gasteiger partial charge in [0.2, 0.25) is 0 Å². The van der Waals surface area contributed by atoms with Crippen molar-refractivity contribution < 1.29 is 51.0 Å². The Hall–Kier alpha value is 0.510. The molecule has 4 heteroatoms. The maximum absolute atomic E-state index is 3.86. The minimum Gasteiger partial charge on any atom is -1.00 e. The molecule has 0 aromatic heterocycles. The number of hydrogen-bond donors (Lipinski definition) is 0. The molecule has 0 nitrogen and oxygen atoms in total. The first-order valence-corrected chi connectivity index (χ1v) is 11.1. The molecule has 2 aliphatic carbocycles. The minimum absolute atomic E-state index is 0. The fourth-order valence-electron chi connectivity index (χ4n) is 3.25. The Bertz CT molecular complexity index is 532. The van der Waals surface area contributed by atoms with Gasteiger partial charge in [0.15, 0.2) is 0 Å². The Kier molecular flexibility index (Phi) is 17.3. The van der Waals surface area contributed by atoms with E-state index in [1.165, 1.54) is 61.8 Å². The summed E-state index contributed by atoms with van der Waals surface area (Å²) in [6.07, 6.45) is 22.1. The second kappa shape index (κ2) is 15.6. The first kappa shape index (κ1) is 27.7. The van der Waals surface area contributed by atoms with Gasteiger partial charge in [-0.1, -0.05) is 71.4 Å². The molecule has 0 N–H and O–H groups in total. The number of halogens is 2. The van der Waals surface area contributed by atoms with Gasteiger partial charge in [0.05, 0.1) is 0 Å². The van der Waals surface area contributed by atoms with Crippen LogP contribution >= 0.6 is 0 Å². The molecular formula is C21H31Cl2SiZr. The molecule has 0 heterocycles. The number of allylic oxidation sites excluding steroid dienone is 8. The summed E-state index contributed by atoms with van der Waals surface area (Å²) in [5.74, 6) is 0. The molecule has 1 radical (unpaired) electrons. The van der Waals surface area contributed by atoms with Crippen LogP contribution in [0.1, 0.15) is 65.7 Å². The van der Waals surface area contributed by atoms with Crippen molar-refractivity contribution in [2.24, 2.45) is 0 Å². The Balaban J connectivity index is 0. The van der Waals surface area contributed by atoms with Crippen molar-refractivity contribution in [3.05, 3.63) is 47.1 Å². The summed E-state index contributed by atoms with van der Waals surface area (Å²) >= 11 is 0. The van der Waals surface area contributed by atoms with Crippen LogP contribution in [0.4, 0.5) is 0 Å². The average Bonchev–Trinajstić information content (AvgIpc) is 3.17. The maximum atomic E-state index is 3.86. The largest absolute Gasteiger partial charge is 3.00 e. The van der Waals surface area contributed by atoms with Crippen LogP contribution in [0.2, 0.25) is 12.1 Å². The van der Waals surface area contributed by atoms with Gasteiger partial charge < -0.3 is 24.8 Å².